The van der Waals surface area contributed by atoms with Crippen LogP contribution in [-0.4, -0.2) is 56.6 Å². The van der Waals surface area contributed by atoms with Crippen molar-refractivity contribution in [2.24, 2.45) is 0 Å². The van der Waals surface area contributed by atoms with E-state index in [4.69, 9.17) is 9.40 Å². The van der Waals surface area contributed by atoms with Gasteiger partial charge in [0.05, 0.1) is 12.0 Å². The van der Waals surface area contributed by atoms with Gasteiger partial charge in [-0.1, -0.05) is 0 Å². The molecule has 0 unspecified atom stereocenters. The first-order chi connectivity index (χ1) is 13.3. The molecular weight excluding hydrogens is 344 g/mol. The van der Waals surface area contributed by atoms with Gasteiger partial charge in [-0.05, 0) is 44.2 Å². The highest BCUT2D eigenvalue weighted by molar-refractivity contribution is 5.91. The van der Waals surface area contributed by atoms with Gasteiger partial charge in [-0.3, -0.25) is 9.20 Å². The van der Waals surface area contributed by atoms with Crippen molar-refractivity contribution >= 4 is 17.5 Å². The van der Waals surface area contributed by atoms with Crippen LogP contribution in [0.5, 0.6) is 0 Å². The van der Waals surface area contributed by atoms with Gasteiger partial charge in [0.1, 0.15) is 6.33 Å². The van der Waals surface area contributed by atoms with Gasteiger partial charge in [-0.25, -0.2) is 4.98 Å². The van der Waals surface area contributed by atoms with Gasteiger partial charge in [0.25, 0.3) is 5.91 Å². The van der Waals surface area contributed by atoms with Crippen molar-refractivity contribution in [1.82, 2.24) is 24.5 Å². The Labute approximate surface area is 156 Å². The molecule has 3 aromatic heterocycles. The average molecular weight is 366 g/mol. The molecule has 0 N–H and O–H groups in total. The lowest BCUT2D eigenvalue weighted by molar-refractivity contribution is 0.0735. The van der Waals surface area contributed by atoms with Crippen molar-refractivity contribution in [3.05, 3.63) is 41.7 Å². The fourth-order valence-corrected chi connectivity index (χ4v) is 4.12. The van der Waals surface area contributed by atoms with Gasteiger partial charge in [0.2, 0.25) is 5.95 Å². The van der Waals surface area contributed by atoms with Gasteiger partial charge < -0.3 is 14.2 Å². The van der Waals surface area contributed by atoms with Crippen molar-refractivity contribution in [3.8, 4) is 0 Å². The van der Waals surface area contributed by atoms with E-state index in [9.17, 15) is 4.79 Å². The van der Waals surface area contributed by atoms with E-state index in [0.717, 1.165) is 49.6 Å². The first-order valence-electron chi connectivity index (χ1n) is 9.60. The van der Waals surface area contributed by atoms with Crippen molar-refractivity contribution in [2.45, 2.75) is 32.1 Å². The molecule has 3 aromatic rings. The number of fused-ring (bicyclic) bond motifs is 3. The molecule has 0 bridgehead atoms. The van der Waals surface area contributed by atoms with Gasteiger partial charge in [-0.15, -0.1) is 10.2 Å². The van der Waals surface area contributed by atoms with Crippen LogP contribution in [0.3, 0.4) is 0 Å². The Balaban J connectivity index is 1.42. The molecule has 2 aliphatic rings. The topological polar surface area (TPSA) is 79.8 Å². The van der Waals surface area contributed by atoms with Crippen molar-refractivity contribution < 1.29 is 9.21 Å². The number of rotatable bonds is 2. The molecule has 8 heteroatoms. The molecule has 4 heterocycles. The van der Waals surface area contributed by atoms with Crippen LogP contribution in [0.15, 0.2) is 29.1 Å². The normalized spacial score (nSPS) is 17.8. The molecule has 0 radical (unpaired) electrons. The summed E-state index contributed by atoms with van der Waals surface area (Å²) in [6.45, 7) is 2.93. The second-order valence-corrected chi connectivity index (χ2v) is 7.18. The van der Waals surface area contributed by atoms with E-state index in [1.807, 2.05) is 9.30 Å². The number of nitrogens with zero attached hydrogens (tertiary/aromatic N) is 6. The molecule has 0 atom stereocenters. The molecule has 1 amide bonds. The molecular formula is C19H22N6O2. The standard InChI is InChI=1S/C19H22N6O2/c26-18(16-7-3-12-27-16)23-8-4-9-24(11-10-23)19-21-15-6-2-1-5-14(15)17-22-20-13-25(17)19/h3,7,12-13H,1-2,4-6,8-11H2. The lowest BCUT2D eigenvalue weighted by Gasteiger charge is -2.25. The number of aryl methyl sites for hydroxylation is 2. The smallest absolute Gasteiger partial charge is 0.289 e. The summed E-state index contributed by atoms with van der Waals surface area (Å²) in [4.78, 5) is 21.7. The predicted molar refractivity (Wildman–Crippen MR) is 98.9 cm³/mol. The third-order valence-electron chi connectivity index (χ3n) is 5.50. The van der Waals surface area contributed by atoms with E-state index in [-0.39, 0.29) is 5.91 Å². The molecule has 27 heavy (non-hydrogen) atoms. The maximum absolute atomic E-state index is 12.6. The lowest BCUT2D eigenvalue weighted by atomic mass is 9.97. The molecule has 0 spiro atoms. The highest BCUT2D eigenvalue weighted by atomic mass is 16.3. The number of anilines is 1. The fourth-order valence-electron chi connectivity index (χ4n) is 4.12. The molecule has 1 aliphatic heterocycles. The van der Waals surface area contributed by atoms with E-state index in [2.05, 4.69) is 15.1 Å². The second kappa shape index (κ2) is 6.68. The Bertz CT molecular complexity index is 964. The average Bonchev–Trinajstić information content (AvgIpc) is 3.35. The minimum absolute atomic E-state index is 0.0466. The zero-order chi connectivity index (χ0) is 18.2. The number of aromatic nitrogens is 4. The monoisotopic (exact) mass is 366 g/mol. The van der Waals surface area contributed by atoms with Gasteiger partial charge in [0, 0.05) is 31.7 Å². The Morgan fingerprint density at radius 3 is 2.89 bits per heavy atom. The van der Waals surface area contributed by atoms with Crippen LogP contribution in [0.25, 0.3) is 5.65 Å². The zero-order valence-electron chi connectivity index (χ0n) is 15.2. The van der Waals surface area contributed by atoms with Crippen LogP contribution in [0.2, 0.25) is 0 Å². The van der Waals surface area contributed by atoms with E-state index in [1.54, 1.807) is 18.5 Å². The van der Waals surface area contributed by atoms with E-state index >= 15 is 0 Å². The Kier molecular flexibility index (Phi) is 4.03. The Hall–Kier alpha value is -2.90. The second-order valence-electron chi connectivity index (χ2n) is 7.18. The lowest BCUT2D eigenvalue weighted by Crippen LogP contribution is -2.36. The van der Waals surface area contributed by atoms with Crippen LogP contribution in [0.4, 0.5) is 5.95 Å². The van der Waals surface area contributed by atoms with Crippen molar-refractivity contribution in [2.75, 3.05) is 31.1 Å². The highest BCUT2D eigenvalue weighted by Crippen LogP contribution is 2.27. The summed E-state index contributed by atoms with van der Waals surface area (Å²) in [5.41, 5.74) is 3.33. The number of amides is 1. The minimum atomic E-state index is -0.0466. The summed E-state index contributed by atoms with van der Waals surface area (Å²) < 4.78 is 7.28. The van der Waals surface area contributed by atoms with Gasteiger partial charge >= 0.3 is 0 Å². The maximum Gasteiger partial charge on any atom is 0.289 e. The minimum Gasteiger partial charge on any atom is -0.459 e. The summed E-state index contributed by atoms with van der Waals surface area (Å²) in [6.07, 6.45) is 8.56. The molecule has 5 rings (SSSR count). The number of hydrogen-bond donors (Lipinski definition) is 0. The van der Waals surface area contributed by atoms with Crippen LogP contribution >= 0.6 is 0 Å². The summed E-state index contributed by atoms with van der Waals surface area (Å²) in [7, 11) is 0. The summed E-state index contributed by atoms with van der Waals surface area (Å²) in [6, 6.07) is 3.47. The third kappa shape index (κ3) is 2.85. The molecule has 1 fully saturated rings. The molecule has 0 saturated carbocycles. The largest absolute Gasteiger partial charge is 0.459 e. The van der Waals surface area contributed by atoms with Crippen LogP contribution in [-0.2, 0) is 12.8 Å². The van der Waals surface area contributed by atoms with Crippen molar-refractivity contribution in [1.29, 1.82) is 0 Å². The van der Waals surface area contributed by atoms with Crippen molar-refractivity contribution in [3.63, 3.8) is 0 Å². The van der Waals surface area contributed by atoms with Crippen LogP contribution in [0.1, 0.15) is 41.1 Å². The fraction of sp³-hybridized carbons (Fsp3) is 0.474. The number of hydrogen-bond acceptors (Lipinski definition) is 6. The molecule has 1 aliphatic carbocycles. The Morgan fingerprint density at radius 1 is 1.07 bits per heavy atom. The van der Waals surface area contributed by atoms with E-state index < -0.39 is 0 Å². The number of carbonyl (C=O) groups is 1. The number of furan rings is 1. The summed E-state index contributed by atoms with van der Waals surface area (Å²) in [5, 5.41) is 8.49. The van der Waals surface area contributed by atoms with E-state index in [0.29, 0.717) is 18.8 Å². The van der Waals surface area contributed by atoms with Crippen LogP contribution in [0, 0.1) is 0 Å². The summed E-state index contributed by atoms with van der Waals surface area (Å²) >= 11 is 0. The summed E-state index contributed by atoms with van der Waals surface area (Å²) in [5.74, 6) is 1.24. The first kappa shape index (κ1) is 16.3. The molecule has 140 valence electrons. The third-order valence-corrected chi connectivity index (χ3v) is 5.50. The maximum atomic E-state index is 12.6. The van der Waals surface area contributed by atoms with Gasteiger partial charge in [0.15, 0.2) is 11.4 Å². The van der Waals surface area contributed by atoms with Crippen LogP contribution < -0.4 is 4.90 Å². The Morgan fingerprint density at radius 2 is 2.00 bits per heavy atom. The van der Waals surface area contributed by atoms with Gasteiger partial charge in [-0.2, -0.15) is 0 Å². The van der Waals surface area contributed by atoms with E-state index in [1.165, 1.54) is 24.7 Å². The first-order valence-corrected chi connectivity index (χ1v) is 9.60. The zero-order valence-corrected chi connectivity index (χ0v) is 15.2. The highest BCUT2D eigenvalue weighted by Gasteiger charge is 2.25. The molecule has 1 saturated heterocycles. The SMILES string of the molecule is O=C(c1ccco1)N1CCCN(c2nc3c(c4nncn24)CCCC3)CC1. The molecule has 0 aromatic carbocycles. The number of carbonyl (C=O) groups excluding carboxylic acids is 1. The quantitative estimate of drug-likeness (QED) is 0.690. The predicted octanol–water partition coefficient (Wildman–Crippen LogP) is 1.95. The molecule has 8 nitrogen and oxygen atoms in total.